The van der Waals surface area contributed by atoms with Crippen LogP contribution in [-0.4, -0.2) is 25.5 Å². The topological polar surface area (TPSA) is 71.1 Å². The molecule has 0 atom stereocenters. The average molecular weight is 224 g/mol. The Morgan fingerprint density at radius 2 is 2.00 bits per heavy atom. The van der Waals surface area contributed by atoms with Crippen molar-refractivity contribution >= 4 is 11.2 Å². The summed E-state index contributed by atoms with van der Waals surface area (Å²) in [6, 6.07) is 0. The van der Waals surface area contributed by atoms with Gasteiger partial charge in [-0.25, -0.2) is 9.78 Å². The molecule has 0 aromatic carbocycles. The molecule has 2 aromatic heterocycles. The van der Waals surface area contributed by atoms with Crippen molar-refractivity contribution in [2.75, 3.05) is 6.61 Å². The van der Waals surface area contributed by atoms with Gasteiger partial charge in [0.25, 0.3) is 5.56 Å². The Labute approximate surface area is 90.5 Å². The quantitative estimate of drug-likeness (QED) is 0.648. The first kappa shape index (κ1) is 10.5. The fraction of sp³-hybridized carbons (Fsp3) is 0.444. The smallest absolute Gasteiger partial charge is 0.332 e. The van der Waals surface area contributed by atoms with Gasteiger partial charge in [0.1, 0.15) is 12.9 Å². The molecule has 7 nitrogen and oxygen atoms in total. The summed E-state index contributed by atoms with van der Waals surface area (Å²) >= 11 is 0. The zero-order valence-electron chi connectivity index (χ0n) is 9.30. The van der Waals surface area contributed by atoms with Crippen molar-refractivity contribution in [3.63, 3.8) is 0 Å². The molecule has 0 aliphatic heterocycles. The van der Waals surface area contributed by atoms with Crippen molar-refractivity contribution in [3.8, 4) is 0 Å². The zero-order valence-corrected chi connectivity index (χ0v) is 9.30. The van der Waals surface area contributed by atoms with Crippen LogP contribution in [0.15, 0.2) is 15.9 Å². The Kier molecular flexibility index (Phi) is 2.30. The average Bonchev–Trinajstić information content (AvgIpc) is 2.68. The number of aromatic nitrogens is 4. The standard InChI is InChI=1S/C9H12N4O3/c1-4-16-13-5-10-7-6(13)8(14)12(3)9(15)11(7)2/h5H,4H2,1-3H3. The molecule has 16 heavy (non-hydrogen) atoms. The predicted octanol–water partition coefficient (Wildman–Crippen LogP) is -1.12. The molecule has 0 saturated heterocycles. The summed E-state index contributed by atoms with van der Waals surface area (Å²) in [6.07, 6.45) is 1.38. The summed E-state index contributed by atoms with van der Waals surface area (Å²) < 4.78 is 3.63. The zero-order chi connectivity index (χ0) is 11.9. The molecule has 0 fully saturated rings. The van der Waals surface area contributed by atoms with Crippen molar-refractivity contribution in [1.29, 1.82) is 0 Å². The van der Waals surface area contributed by atoms with Crippen LogP contribution in [0.3, 0.4) is 0 Å². The Morgan fingerprint density at radius 3 is 2.62 bits per heavy atom. The summed E-state index contributed by atoms with van der Waals surface area (Å²) in [5.74, 6) is 0. The molecule has 2 aromatic rings. The van der Waals surface area contributed by atoms with Crippen molar-refractivity contribution < 1.29 is 4.84 Å². The van der Waals surface area contributed by atoms with Gasteiger partial charge in [-0.1, -0.05) is 0 Å². The Balaban J connectivity index is 2.95. The summed E-state index contributed by atoms with van der Waals surface area (Å²) in [4.78, 5) is 32.7. The van der Waals surface area contributed by atoms with Gasteiger partial charge in [0.05, 0.1) is 0 Å². The van der Waals surface area contributed by atoms with E-state index in [9.17, 15) is 9.59 Å². The minimum Gasteiger partial charge on any atom is -0.412 e. The molecule has 0 bridgehead atoms. The van der Waals surface area contributed by atoms with E-state index in [0.29, 0.717) is 12.3 Å². The van der Waals surface area contributed by atoms with Gasteiger partial charge in [-0.15, -0.1) is 0 Å². The fourth-order valence-electron chi connectivity index (χ4n) is 1.56. The Morgan fingerprint density at radius 1 is 1.31 bits per heavy atom. The SMILES string of the molecule is CCOn1cnc2c1c(=O)n(C)c(=O)n2C. The maximum absolute atomic E-state index is 11.9. The Hall–Kier alpha value is -2.05. The molecule has 0 amide bonds. The highest BCUT2D eigenvalue weighted by Gasteiger charge is 2.14. The van der Waals surface area contributed by atoms with Gasteiger partial charge in [-0.2, -0.15) is 4.73 Å². The van der Waals surface area contributed by atoms with Crippen LogP contribution in [0.1, 0.15) is 6.92 Å². The maximum atomic E-state index is 11.9. The number of nitrogens with zero attached hydrogens (tertiary/aromatic N) is 4. The first-order valence-electron chi connectivity index (χ1n) is 4.84. The van der Waals surface area contributed by atoms with Crippen LogP contribution in [0.5, 0.6) is 0 Å². The number of imidazole rings is 1. The second-order valence-corrected chi connectivity index (χ2v) is 3.37. The summed E-state index contributed by atoms with van der Waals surface area (Å²) in [5.41, 5.74) is -0.226. The van der Waals surface area contributed by atoms with Gasteiger partial charge < -0.3 is 4.84 Å². The van der Waals surface area contributed by atoms with Crippen molar-refractivity contribution in [3.05, 3.63) is 27.2 Å². The minimum absolute atomic E-state index is 0.270. The van der Waals surface area contributed by atoms with E-state index in [4.69, 9.17) is 4.84 Å². The molecule has 2 heterocycles. The lowest BCUT2D eigenvalue weighted by atomic mass is 10.5. The van der Waals surface area contributed by atoms with E-state index in [2.05, 4.69) is 4.98 Å². The van der Waals surface area contributed by atoms with E-state index in [-0.39, 0.29) is 5.52 Å². The van der Waals surface area contributed by atoms with Crippen LogP contribution < -0.4 is 16.1 Å². The van der Waals surface area contributed by atoms with E-state index >= 15 is 0 Å². The van der Waals surface area contributed by atoms with Gasteiger partial charge in [0, 0.05) is 14.1 Å². The normalized spacial score (nSPS) is 10.9. The fourth-order valence-corrected chi connectivity index (χ4v) is 1.56. The lowest BCUT2D eigenvalue weighted by molar-refractivity contribution is 0.130. The largest absolute Gasteiger partial charge is 0.412 e. The van der Waals surface area contributed by atoms with Gasteiger partial charge in [0.2, 0.25) is 0 Å². The summed E-state index contributed by atoms with van der Waals surface area (Å²) in [6.45, 7) is 2.22. The Bertz CT molecular complexity index is 649. The van der Waals surface area contributed by atoms with Crippen molar-refractivity contribution in [1.82, 2.24) is 18.8 Å². The van der Waals surface area contributed by atoms with E-state index in [1.807, 2.05) is 0 Å². The highest BCUT2D eigenvalue weighted by molar-refractivity contribution is 5.69. The predicted molar refractivity (Wildman–Crippen MR) is 57.3 cm³/mol. The van der Waals surface area contributed by atoms with Gasteiger partial charge in [0.15, 0.2) is 11.2 Å². The molecule has 0 saturated carbocycles. The number of aryl methyl sites for hydroxylation is 1. The van der Waals surface area contributed by atoms with Crippen LogP contribution >= 0.6 is 0 Å². The first-order valence-corrected chi connectivity index (χ1v) is 4.84. The van der Waals surface area contributed by atoms with E-state index < -0.39 is 11.2 Å². The molecule has 2 rings (SSSR count). The molecule has 86 valence electrons. The number of hydrogen-bond acceptors (Lipinski definition) is 4. The van der Waals surface area contributed by atoms with Crippen molar-refractivity contribution in [2.45, 2.75) is 6.92 Å². The number of rotatable bonds is 2. The molecule has 0 N–H and O–H groups in total. The molecule has 7 heteroatoms. The molecule has 0 aliphatic rings. The lowest BCUT2D eigenvalue weighted by Crippen LogP contribution is -2.38. The van der Waals surface area contributed by atoms with E-state index in [1.165, 1.54) is 22.7 Å². The van der Waals surface area contributed by atoms with Crippen LogP contribution in [-0.2, 0) is 14.1 Å². The third-order valence-electron chi connectivity index (χ3n) is 2.38. The second-order valence-electron chi connectivity index (χ2n) is 3.37. The number of hydrogen-bond donors (Lipinski definition) is 0. The summed E-state index contributed by atoms with van der Waals surface area (Å²) in [7, 11) is 2.99. The van der Waals surface area contributed by atoms with E-state index in [0.717, 1.165) is 4.57 Å². The lowest BCUT2D eigenvalue weighted by Gasteiger charge is -2.05. The molecule has 0 radical (unpaired) electrons. The molecule has 0 aliphatic carbocycles. The van der Waals surface area contributed by atoms with Gasteiger partial charge >= 0.3 is 5.69 Å². The van der Waals surface area contributed by atoms with Gasteiger partial charge in [-0.3, -0.25) is 13.9 Å². The third-order valence-corrected chi connectivity index (χ3v) is 2.38. The number of fused-ring (bicyclic) bond motifs is 1. The molecular weight excluding hydrogens is 212 g/mol. The van der Waals surface area contributed by atoms with E-state index in [1.54, 1.807) is 14.0 Å². The second kappa shape index (κ2) is 3.51. The highest BCUT2D eigenvalue weighted by atomic mass is 16.7. The highest BCUT2D eigenvalue weighted by Crippen LogP contribution is 2.02. The first-order chi connectivity index (χ1) is 7.57. The van der Waals surface area contributed by atoms with Crippen molar-refractivity contribution in [2.24, 2.45) is 14.1 Å². The molecule has 0 spiro atoms. The van der Waals surface area contributed by atoms with Crippen LogP contribution in [0.2, 0.25) is 0 Å². The van der Waals surface area contributed by atoms with Crippen LogP contribution in [0.25, 0.3) is 11.2 Å². The van der Waals surface area contributed by atoms with Gasteiger partial charge in [-0.05, 0) is 6.92 Å². The molecule has 0 unspecified atom stereocenters. The third kappa shape index (κ3) is 1.24. The maximum Gasteiger partial charge on any atom is 0.332 e. The van der Waals surface area contributed by atoms with Crippen LogP contribution in [0, 0.1) is 0 Å². The van der Waals surface area contributed by atoms with Crippen LogP contribution in [0.4, 0.5) is 0 Å². The minimum atomic E-state index is -0.413. The monoisotopic (exact) mass is 224 g/mol. The molecular formula is C9H12N4O3. The summed E-state index contributed by atoms with van der Waals surface area (Å²) in [5, 5.41) is 0.